The van der Waals surface area contributed by atoms with Crippen LogP contribution >= 0.6 is 11.3 Å². The topological polar surface area (TPSA) is 188 Å². The molecule has 1 aromatic carbocycles. The number of hydrogen-bond donors (Lipinski definition) is 6. The van der Waals surface area contributed by atoms with Gasteiger partial charge in [0.25, 0.3) is 5.91 Å². The van der Waals surface area contributed by atoms with Gasteiger partial charge in [0.2, 0.25) is 0 Å². The van der Waals surface area contributed by atoms with Gasteiger partial charge in [-0.05, 0) is 24.1 Å². The van der Waals surface area contributed by atoms with E-state index in [1.165, 1.54) is 11.4 Å². The zero-order chi connectivity index (χ0) is 19.7. The Morgan fingerprint density at radius 3 is 2.78 bits per heavy atom. The summed E-state index contributed by atoms with van der Waals surface area (Å²) in [6.07, 6.45) is -0.0329. The quantitative estimate of drug-likeness (QED) is 0.172. The van der Waals surface area contributed by atoms with E-state index in [4.69, 9.17) is 15.6 Å². The zero-order valence-electron chi connectivity index (χ0n) is 13.5. The maximum atomic E-state index is 12.4. The van der Waals surface area contributed by atoms with Crippen LogP contribution in [0.3, 0.4) is 0 Å². The van der Waals surface area contributed by atoms with Gasteiger partial charge in [0, 0.05) is 5.38 Å². The van der Waals surface area contributed by atoms with Gasteiger partial charge in [0.15, 0.2) is 10.8 Å². The molecule has 0 saturated heterocycles. The lowest BCUT2D eigenvalue weighted by atomic mass is 9.72. The van der Waals surface area contributed by atoms with Crippen molar-refractivity contribution in [2.45, 2.75) is 12.4 Å². The van der Waals surface area contributed by atoms with Gasteiger partial charge in [0.1, 0.15) is 22.8 Å². The molecule has 0 bridgehead atoms. The SMILES string of the molecule is Nc1nc(C(=NO)C(=O)NC2Cc3cc(O)cc(C(=O)O)c3OB2O)cs1. The molecule has 1 amide bonds. The number of nitrogens with zero attached hydrogens (tertiary/aromatic N) is 2. The fraction of sp³-hybridized carbons (Fsp3) is 0.143. The average Bonchev–Trinajstić information content (AvgIpc) is 3.02. The first kappa shape index (κ1) is 18.5. The fourth-order valence-corrected chi connectivity index (χ4v) is 3.18. The molecule has 1 aliphatic rings. The van der Waals surface area contributed by atoms with Crippen molar-refractivity contribution in [2.24, 2.45) is 5.16 Å². The van der Waals surface area contributed by atoms with Crippen molar-refractivity contribution < 1.29 is 34.7 Å². The summed E-state index contributed by atoms with van der Waals surface area (Å²) in [5, 5.41) is 45.1. The van der Waals surface area contributed by atoms with E-state index < -0.39 is 30.6 Å². The predicted octanol–water partition coefficient (Wildman–Crippen LogP) is -0.553. The van der Waals surface area contributed by atoms with Crippen LogP contribution in [-0.4, -0.2) is 56.1 Å². The maximum absolute atomic E-state index is 12.4. The molecule has 0 aliphatic carbocycles. The lowest BCUT2D eigenvalue weighted by molar-refractivity contribution is -0.115. The van der Waals surface area contributed by atoms with Crippen LogP contribution in [0.4, 0.5) is 5.13 Å². The molecule has 11 nitrogen and oxygen atoms in total. The van der Waals surface area contributed by atoms with Crippen LogP contribution < -0.4 is 15.7 Å². The third-order valence-corrected chi connectivity index (χ3v) is 4.47. The Kier molecular flexibility index (Phi) is 4.88. The number of nitrogens with two attached hydrogens (primary N) is 1. The number of rotatable bonds is 4. The number of phenols is 1. The Bertz CT molecular complexity index is 948. The number of aromatic hydroxyl groups is 1. The highest BCUT2D eigenvalue weighted by Crippen LogP contribution is 2.33. The molecule has 3 rings (SSSR count). The minimum Gasteiger partial charge on any atom is -0.534 e. The highest BCUT2D eigenvalue weighted by Gasteiger charge is 2.39. The van der Waals surface area contributed by atoms with E-state index in [0.29, 0.717) is 0 Å². The van der Waals surface area contributed by atoms with Crippen molar-refractivity contribution in [1.29, 1.82) is 0 Å². The molecule has 27 heavy (non-hydrogen) atoms. The number of carbonyl (C=O) groups is 2. The van der Waals surface area contributed by atoms with E-state index in [1.54, 1.807) is 0 Å². The molecule has 1 atom stereocenters. The maximum Gasteiger partial charge on any atom is 0.547 e. The summed E-state index contributed by atoms with van der Waals surface area (Å²) in [5.41, 5.74) is 5.09. The van der Waals surface area contributed by atoms with Gasteiger partial charge < -0.3 is 36.1 Å². The number of hydrogen-bond acceptors (Lipinski definition) is 10. The Labute approximate surface area is 155 Å². The first-order valence-electron chi connectivity index (χ1n) is 7.48. The summed E-state index contributed by atoms with van der Waals surface area (Å²) in [6, 6.07) is 2.27. The number of nitrogens with one attached hydrogen (secondary N) is 1. The smallest absolute Gasteiger partial charge is 0.534 e. The van der Waals surface area contributed by atoms with Crippen LogP contribution in [0.2, 0.25) is 0 Å². The summed E-state index contributed by atoms with van der Waals surface area (Å²) in [5.74, 6) is -3.58. The minimum atomic E-state index is -1.57. The number of carboxylic acids is 1. The number of thiazole rings is 1. The van der Waals surface area contributed by atoms with Crippen LogP contribution in [0, 0.1) is 0 Å². The number of fused-ring (bicyclic) bond motifs is 1. The van der Waals surface area contributed by atoms with Crippen LogP contribution in [0.1, 0.15) is 21.6 Å². The first-order chi connectivity index (χ1) is 12.8. The summed E-state index contributed by atoms with van der Waals surface area (Å²) < 4.78 is 5.23. The highest BCUT2D eigenvalue weighted by atomic mass is 32.1. The lowest BCUT2D eigenvalue weighted by Crippen LogP contribution is -2.54. The van der Waals surface area contributed by atoms with Crippen molar-refractivity contribution in [3.05, 3.63) is 34.3 Å². The molecular weight excluding hydrogens is 379 g/mol. The van der Waals surface area contributed by atoms with Crippen LogP contribution in [0.25, 0.3) is 0 Å². The summed E-state index contributed by atoms with van der Waals surface area (Å²) in [7, 11) is -1.57. The Morgan fingerprint density at radius 2 is 2.19 bits per heavy atom. The van der Waals surface area contributed by atoms with Crippen molar-refractivity contribution in [2.75, 3.05) is 5.73 Å². The Hall–Kier alpha value is -3.32. The molecule has 13 heteroatoms. The third-order valence-electron chi connectivity index (χ3n) is 3.80. The van der Waals surface area contributed by atoms with E-state index in [9.17, 15) is 24.8 Å². The van der Waals surface area contributed by atoms with Crippen molar-refractivity contribution in [1.82, 2.24) is 10.3 Å². The van der Waals surface area contributed by atoms with E-state index in [0.717, 1.165) is 17.4 Å². The Morgan fingerprint density at radius 1 is 1.44 bits per heavy atom. The van der Waals surface area contributed by atoms with Gasteiger partial charge in [0.05, 0.1) is 5.94 Å². The van der Waals surface area contributed by atoms with Gasteiger partial charge >= 0.3 is 13.1 Å². The highest BCUT2D eigenvalue weighted by molar-refractivity contribution is 7.13. The number of phenolic OH excluding ortho intramolecular Hbond substituents is 1. The van der Waals surface area contributed by atoms with Crippen molar-refractivity contribution in [3.63, 3.8) is 0 Å². The van der Waals surface area contributed by atoms with Crippen molar-refractivity contribution >= 4 is 41.2 Å². The first-order valence-corrected chi connectivity index (χ1v) is 8.36. The average molecular weight is 392 g/mol. The number of carboxylic acid groups (broad SMARTS) is 1. The summed E-state index contributed by atoms with van der Waals surface area (Å²) in [4.78, 5) is 27.5. The standard InChI is InChI=1S/C14H13BN4O7S/c16-14-17-8(4-27-14)10(19-25)12(21)18-9-2-5-1-6(20)3-7(13(22)23)11(5)26-15(9)24/h1,3-4,9,20,24-25H,2H2,(H2,16,17)(H,18,21)(H,22,23). The number of anilines is 1. The van der Waals surface area contributed by atoms with E-state index >= 15 is 0 Å². The van der Waals surface area contributed by atoms with E-state index in [1.807, 2.05) is 0 Å². The van der Waals surface area contributed by atoms with Gasteiger partial charge in [-0.2, -0.15) is 0 Å². The van der Waals surface area contributed by atoms with Crippen LogP contribution in [0.5, 0.6) is 11.5 Å². The molecule has 1 unspecified atom stereocenters. The number of carbonyl (C=O) groups excluding carboxylic acids is 1. The molecule has 140 valence electrons. The van der Waals surface area contributed by atoms with Gasteiger partial charge in [-0.25, -0.2) is 9.78 Å². The molecule has 2 aromatic rings. The normalized spacial score (nSPS) is 16.4. The number of nitrogen functional groups attached to an aromatic ring is 1. The van der Waals surface area contributed by atoms with Gasteiger partial charge in [-0.3, -0.25) is 4.79 Å². The number of oxime groups is 1. The number of aromatic carboxylic acids is 1. The molecule has 0 spiro atoms. The van der Waals surface area contributed by atoms with Crippen molar-refractivity contribution in [3.8, 4) is 11.5 Å². The molecule has 0 saturated carbocycles. The molecule has 0 fully saturated rings. The molecular formula is C14H13BN4O7S. The van der Waals surface area contributed by atoms with Crippen LogP contribution in [0.15, 0.2) is 22.7 Å². The zero-order valence-corrected chi connectivity index (χ0v) is 14.3. The largest absolute Gasteiger partial charge is 0.547 e. The van der Waals surface area contributed by atoms with Crippen LogP contribution in [-0.2, 0) is 11.2 Å². The molecule has 1 aliphatic heterocycles. The van der Waals surface area contributed by atoms with Gasteiger partial charge in [-0.15, -0.1) is 11.3 Å². The molecule has 0 radical (unpaired) electrons. The lowest BCUT2D eigenvalue weighted by Gasteiger charge is -2.29. The second kappa shape index (κ2) is 7.13. The molecule has 7 N–H and O–H groups in total. The molecule has 1 aromatic heterocycles. The monoisotopic (exact) mass is 392 g/mol. The number of amides is 1. The second-order valence-corrected chi connectivity index (χ2v) is 6.49. The number of benzene rings is 1. The van der Waals surface area contributed by atoms with E-state index in [-0.39, 0.29) is 39.9 Å². The fourth-order valence-electron chi connectivity index (χ4n) is 2.63. The number of aromatic nitrogens is 1. The van der Waals surface area contributed by atoms with E-state index in [2.05, 4.69) is 15.5 Å². The minimum absolute atomic E-state index is 0.0329. The Balaban J connectivity index is 1.83. The summed E-state index contributed by atoms with van der Waals surface area (Å²) >= 11 is 1.05. The van der Waals surface area contributed by atoms with Gasteiger partial charge in [-0.1, -0.05) is 5.16 Å². The predicted molar refractivity (Wildman–Crippen MR) is 94.2 cm³/mol. The third kappa shape index (κ3) is 3.63. The molecule has 2 heterocycles. The second-order valence-electron chi connectivity index (χ2n) is 5.60. The summed E-state index contributed by atoms with van der Waals surface area (Å²) in [6.45, 7) is 0.